The molecule has 0 aliphatic carbocycles. The number of carbonyl (C=O) groups is 2. The van der Waals surface area contributed by atoms with Gasteiger partial charge in [0, 0.05) is 11.1 Å². The Bertz CT molecular complexity index is 1110. The number of amidine groups is 1. The van der Waals surface area contributed by atoms with Gasteiger partial charge in [0.2, 0.25) is 6.79 Å². The Kier molecular flexibility index (Phi) is 4.47. The summed E-state index contributed by atoms with van der Waals surface area (Å²) in [5, 5.41) is 0. The molecule has 0 fully saturated rings. The number of carbonyl (C=O) groups excluding carboxylic acids is 2. The molecule has 2 heterocycles. The van der Waals surface area contributed by atoms with Crippen LogP contribution in [0.15, 0.2) is 52.4 Å². The van der Waals surface area contributed by atoms with Crippen molar-refractivity contribution in [2.75, 3.05) is 19.9 Å². The summed E-state index contributed by atoms with van der Waals surface area (Å²) in [6.07, 6.45) is 0. The molecule has 9 nitrogen and oxygen atoms in total. The van der Waals surface area contributed by atoms with E-state index in [1.165, 1.54) is 12.1 Å². The van der Waals surface area contributed by atoms with Crippen molar-refractivity contribution in [3.63, 3.8) is 0 Å². The van der Waals surface area contributed by atoms with Crippen molar-refractivity contribution in [1.29, 1.82) is 0 Å². The number of ether oxygens (including phenoxy) is 3. The van der Waals surface area contributed by atoms with Crippen LogP contribution in [0.1, 0.15) is 15.9 Å². The minimum absolute atomic E-state index is 0.0645. The molecule has 28 heavy (non-hydrogen) atoms. The van der Waals surface area contributed by atoms with E-state index in [-0.39, 0.29) is 17.5 Å². The lowest BCUT2D eigenvalue weighted by atomic mass is 10.1. The summed E-state index contributed by atoms with van der Waals surface area (Å²) in [6.45, 7) is -0.804. The van der Waals surface area contributed by atoms with E-state index in [1.807, 2.05) is 0 Å². The molecule has 0 aromatic heterocycles. The summed E-state index contributed by atoms with van der Waals surface area (Å²) in [5.74, 6) is -0.106. The summed E-state index contributed by atoms with van der Waals surface area (Å²) in [7, 11) is -3.68. The van der Waals surface area contributed by atoms with Crippen molar-refractivity contribution in [2.24, 2.45) is 4.99 Å². The molecular weight excluding hydrogens is 388 g/mol. The number of nitrogens with zero attached hydrogens (tertiary/aromatic N) is 1. The van der Waals surface area contributed by atoms with E-state index < -0.39 is 34.9 Å². The Balaban J connectivity index is 1.37. The second-order valence-electron chi connectivity index (χ2n) is 5.92. The molecule has 0 bridgehead atoms. The average molecular weight is 402 g/mol. The fraction of sp³-hybridized carbons (Fsp3) is 0.167. The predicted molar refractivity (Wildman–Crippen MR) is 96.0 cm³/mol. The Morgan fingerprint density at radius 1 is 1.11 bits per heavy atom. The third-order valence-corrected chi connectivity index (χ3v) is 5.48. The maximum atomic E-state index is 12.2. The number of sulfonamides is 1. The molecule has 0 amide bonds. The molecule has 0 saturated heterocycles. The first-order valence-corrected chi connectivity index (χ1v) is 9.67. The van der Waals surface area contributed by atoms with Gasteiger partial charge in [0.1, 0.15) is 12.4 Å². The Hall–Kier alpha value is -3.40. The molecule has 0 spiro atoms. The zero-order valence-corrected chi connectivity index (χ0v) is 15.2. The monoisotopic (exact) mass is 402 g/mol. The lowest BCUT2D eigenvalue weighted by Crippen LogP contribution is -2.24. The number of Topliss-reactive ketones (excluding diaryl/α,β-unsaturated/α-hetero) is 1. The lowest BCUT2D eigenvalue weighted by molar-refractivity contribution is -0.140. The number of fused-ring (bicyclic) bond motifs is 2. The highest BCUT2D eigenvalue weighted by molar-refractivity contribution is 7.90. The molecule has 2 aliphatic heterocycles. The van der Waals surface area contributed by atoms with Crippen LogP contribution in [0, 0.1) is 0 Å². The predicted octanol–water partition coefficient (Wildman–Crippen LogP) is 0.880. The molecular formula is C18H14N2O7S. The first kappa shape index (κ1) is 18.0. The fourth-order valence-corrected chi connectivity index (χ4v) is 3.99. The third kappa shape index (κ3) is 3.41. The van der Waals surface area contributed by atoms with Crippen molar-refractivity contribution in [1.82, 2.24) is 4.72 Å². The number of hydrogen-bond donors (Lipinski definition) is 1. The summed E-state index contributed by atoms with van der Waals surface area (Å²) in [4.78, 5) is 28.1. The third-order valence-electron chi connectivity index (χ3n) is 4.09. The standard InChI is InChI=1S/C18H14N2O7S/c21-13(11-5-6-14-15(7-11)27-10-26-14)9-25-17(22)8-19-18-12-3-1-2-4-16(12)28(23,24)20-18/h1-7H,8-10H2,(H,19,20). The van der Waals surface area contributed by atoms with Crippen LogP contribution >= 0.6 is 0 Å². The Morgan fingerprint density at radius 3 is 2.75 bits per heavy atom. The van der Waals surface area contributed by atoms with Crippen molar-refractivity contribution in [2.45, 2.75) is 4.90 Å². The van der Waals surface area contributed by atoms with Crippen LogP contribution in [0.4, 0.5) is 0 Å². The lowest BCUT2D eigenvalue weighted by Gasteiger charge is -2.04. The molecule has 2 aliphatic rings. The molecule has 0 saturated carbocycles. The molecule has 1 N–H and O–H groups in total. The average Bonchev–Trinajstić information content (AvgIpc) is 3.26. The maximum absolute atomic E-state index is 12.2. The SMILES string of the molecule is O=C(CN=C1NS(=O)(=O)c2ccccc21)OCC(=O)c1ccc2c(c1)OCO2. The van der Waals surface area contributed by atoms with Crippen molar-refractivity contribution in [3.8, 4) is 11.5 Å². The van der Waals surface area contributed by atoms with Gasteiger partial charge in [-0.3, -0.25) is 19.3 Å². The van der Waals surface area contributed by atoms with Crippen LogP contribution in [0.3, 0.4) is 0 Å². The number of rotatable bonds is 5. The molecule has 0 atom stereocenters. The zero-order valence-electron chi connectivity index (χ0n) is 14.4. The van der Waals surface area contributed by atoms with Crippen molar-refractivity contribution >= 4 is 27.6 Å². The highest BCUT2D eigenvalue weighted by Crippen LogP contribution is 2.32. The second kappa shape index (κ2) is 6.97. The quantitative estimate of drug-likeness (QED) is 0.582. The molecule has 2 aromatic carbocycles. The van der Waals surface area contributed by atoms with E-state index in [0.29, 0.717) is 22.6 Å². The van der Waals surface area contributed by atoms with Crippen molar-refractivity contribution < 1.29 is 32.2 Å². The van der Waals surface area contributed by atoms with Gasteiger partial charge in [0.25, 0.3) is 10.0 Å². The van der Waals surface area contributed by atoms with Gasteiger partial charge in [-0.15, -0.1) is 0 Å². The van der Waals surface area contributed by atoms with E-state index in [2.05, 4.69) is 9.71 Å². The van der Waals surface area contributed by atoms with Gasteiger partial charge in [0.05, 0.1) is 4.90 Å². The van der Waals surface area contributed by atoms with E-state index in [9.17, 15) is 18.0 Å². The maximum Gasteiger partial charge on any atom is 0.328 e. The summed E-state index contributed by atoms with van der Waals surface area (Å²) in [5.41, 5.74) is 0.701. The van der Waals surface area contributed by atoms with Gasteiger partial charge in [0.15, 0.2) is 23.9 Å². The number of ketones is 1. The van der Waals surface area contributed by atoms with Gasteiger partial charge < -0.3 is 14.2 Å². The molecule has 0 radical (unpaired) electrons. The Morgan fingerprint density at radius 2 is 1.89 bits per heavy atom. The smallest absolute Gasteiger partial charge is 0.328 e. The molecule has 0 unspecified atom stereocenters. The van der Waals surface area contributed by atoms with Crippen LogP contribution < -0.4 is 14.2 Å². The van der Waals surface area contributed by atoms with Crippen LogP contribution in [-0.2, 0) is 19.6 Å². The van der Waals surface area contributed by atoms with Gasteiger partial charge in [-0.05, 0) is 30.3 Å². The molecule has 4 rings (SSSR count). The number of aliphatic imine (C=N–C) groups is 1. The number of esters is 1. The summed E-state index contributed by atoms with van der Waals surface area (Å²) in [6, 6.07) is 11.0. The Labute approximate surface area is 160 Å². The summed E-state index contributed by atoms with van der Waals surface area (Å²) >= 11 is 0. The van der Waals surface area contributed by atoms with Crippen LogP contribution in [0.5, 0.6) is 11.5 Å². The topological polar surface area (TPSA) is 120 Å². The highest BCUT2D eigenvalue weighted by Gasteiger charge is 2.30. The van der Waals surface area contributed by atoms with E-state index in [0.717, 1.165) is 0 Å². The normalized spacial score (nSPS) is 17.1. The van der Waals surface area contributed by atoms with Gasteiger partial charge in [-0.1, -0.05) is 12.1 Å². The first-order valence-electron chi connectivity index (χ1n) is 8.19. The largest absolute Gasteiger partial charge is 0.456 e. The fourth-order valence-electron chi connectivity index (χ4n) is 2.74. The van der Waals surface area contributed by atoms with Crippen LogP contribution in [0.25, 0.3) is 0 Å². The first-order chi connectivity index (χ1) is 13.4. The van der Waals surface area contributed by atoms with Crippen LogP contribution in [0.2, 0.25) is 0 Å². The van der Waals surface area contributed by atoms with E-state index >= 15 is 0 Å². The van der Waals surface area contributed by atoms with Gasteiger partial charge in [-0.25, -0.2) is 8.42 Å². The highest BCUT2D eigenvalue weighted by atomic mass is 32.2. The number of benzene rings is 2. The number of hydrogen-bond acceptors (Lipinski definition) is 8. The van der Waals surface area contributed by atoms with Crippen LogP contribution in [-0.4, -0.2) is 46.0 Å². The van der Waals surface area contributed by atoms with E-state index in [1.54, 1.807) is 30.3 Å². The number of nitrogens with one attached hydrogen (secondary N) is 1. The van der Waals surface area contributed by atoms with Crippen molar-refractivity contribution in [3.05, 3.63) is 53.6 Å². The minimum atomic E-state index is -3.68. The molecule has 2 aromatic rings. The second-order valence-corrected chi connectivity index (χ2v) is 7.57. The van der Waals surface area contributed by atoms with Gasteiger partial charge >= 0.3 is 5.97 Å². The van der Waals surface area contributed by atoms with E-state index in [4.69, 9.17) is 14.2 Å². The minimum Gasteiger partial charge on any atom is -0.456 e. The van der Waals surface area contributed by atoms with Gasteiger partial charge in [-0.2, -0.15) is 0 Å². The summed E-state index contributed by atoms with van der Waals surface area (Å²) < 4.78 is 41.6. The molecule has 10 heteroatoms. The molecule has 144 valence electrons. The zero-order chi connectivity index (χ0) is 19.7.